The van der Waals surface area contributed by atoms with Crippen LogP contribution in [0.3, 0.4) is 0 Å². The second kappa shape index (κ2) is 2.38. The van der Waals surface area contributed by atoms with Crippen LogP contribution in [0, 0.1) is 11.3 Å². The topological polar surface area (TPSA) is 23.8 Å². The molecule has 1 aliphatic rings. The quantitative estimate of drug-likeness (QED) is 0.553. The van der Waals surface area contributed by atoms with E-state index in [1.807, 2.05) is 24.3 Å². The number of rotatable bonds is 1. The highest BCUT2D eigenvalue weighted by molar-refractivity contribution is 6.32. The Hall–Kier alpha value is -1.23. The van der Waals surface area contributed by atoms with Crippen LogP contribution in [0.5, 0.6) is 0 Å². The zero-order chi connectivity index (χ0) is 8.60. The molecule has 0 atom stereocenters. The van der Waals surface area contributed by atoms with E-state index in [1.165, 1.54) is 0 Å². The standard InChI is InChI=1S/C10H8BN/c11-9-3-1-2-8(6-9)10(7-12)4-5-10/h1-3,6H,4-5H2. The summed E-state index contributed by atoms with van der Waals surface area (Å²) in [6, 6.07) is 9.97. The summed E-state index contributed by atoms with van der Waals surface area (Å²) in [7, 11) is 5.63. The zero-order valence-corrected chi connectivity index (χ0v) is 6.75. The molecular weight excluding hydrogens is 145 g/mol. The van der Waals surface area contributed by atoms with Gasteiger partial charge in [-0.1, -0.05) is 29.7 Å². The minimum Gasteiger partial charge on any atom is -0.197 e. The van der Waals surface area contributed by atoms with Gasteiger partial charge in [-0.25, -0.2) is 0 Å². The predicted molar refractivity (Wildman–Crippen MR) is 48.4 cm³/mol. The summed E-state index contributed by atoms with van der Waals surface area (Å²) in [4.78, 5) is 0. The fourth-order valence-electron chi connectivity index (χ4n) is 1.43. The molecule has 0 aromatic heterocycles. The molecule has 12 heavy (non-hydrogen) atoms. The average Bonchev–Trinajstić information content (AvgIpc) is 2.84. The minimum atomic E-state index is -0.199. The lowest BCUT2D eigenvalue weighted by atomic mass is 9.89. The lowest BCUT2D eigenvalue weighted by molar-refractivity contribution is 0.910. The molecular formula is C10H8BN. The van der Waals surface area contributed by atoms with Crippen molar-refractivity contribution in [2.24, 2.45) is 0 Å². The first-order valence-electron chi connectivity index (χ1n) is 4.04. The molecule has 1 saturated carbocycles. The number of benzene rings is 1. The van der Waals surface area contributed by atoms with Crippen molar-refractivity contribution in [3.8, 4) is 6.07 Å². The molecule has 56 valence electrons. The van der Waals surface area contributed by atoms with E-state index in [2.05, 4.69) is 6.07 Å². The average molecular weight is 153 g/mol. The van der Waals surface area contributed by atoms with Gasteiger partial charge in [0, 0.05) is 0 Å². The number of nitriles is 1. The Labute approximate surface area is 73.4 Å². The first-order valence-corrected chi connectivity index (χ1v) is 4.04. The van der Waals surface area contributed by atoms with Crippen molar-refractivity contribution >= 4 is 13.3 Å². The maximum absolute atomic E-state index is 8.91. The third kappa shape index (κ3) is 1.02. The van der Waals surface area contributed by atoms with Crippen LogP contribution in [0.2, 0.25) is 0 Å². The van der Waals surface area contributed by atoms with E-state index in [0.717, 1.165) is 23.9 Å². The van der Waals surface area contributed by atoms with Crippen molar-refractivity contribution < 1.29 is 0 Å². The predicted octanol–water partition coefficient (Wildman–Crippen LogP) is 1.04. The summed E-state index contributed by atoms with van der Waals surface area (Å²) in [6.07, 6.45) is 1.96. The summed E-state index contributed by atoms with van der Waals surface area (Å²) in [5, 5.41) is 8.91. The summed E-state index contributed by atoms with van der Waals surface area (Å²) in [6.45, 7) is 0. The highest BCUT2D eigenvalue weighted by Gasteiger charge is 2.44. The Morgan fingerprint density at radius 2 is 2.17 bits per heavy atom. The number of hydrogen-bond acceptors (Lipinski definition) is 1. The van der Waals surface area contributed by atoms with Crippen LogP contribution in [0.1, 0.15) is 18.4 Å². The summed E-state index contributed by atoms with van der Waals surface area (Å²) in [5.41, 5.74) is 1.62. The molecule has 1 aromatic rings. The van der Waals surface area contributed by atoms with E-state index in [4.69, 9.17) is 13.1 Å². The Morgan fingerprint density at radius 1 is 1.42 bits per heavy atom. The molecule has 0 amide bonds. The second-order valence-corrected chi connectivity index (χ2v) is 3.32. The van der Waals surface area contributed by atoms with Crippen molar-refractivity contribution in [2.75, 3.05) is 0 Å². The van der Waals surface area contributed by atoms with E-state index >= 15 is 0 Å². The number of nitrogens with zero attached hydrogens (tertiary/aromatic N) is 1. The monoisotopic (exact) mass is 153 g/mol. The Balaban J connectivity index is 2.42. The third-order valence-electron chi connectivity index (χ3n) is 2.40. The van der Waals surface area contributed by atoms with Gasteiger partial charge in [-0.2, -0.15) is 5.26 Å². The highest BCUT2D eigenvalue weighted by Crippen LogP contribution is 2.46. The molecule has 0 spiro atoms. The van der Waals surface area contributed by atoms with Crippen LogP contribution in [-0.2, 0) is 5.41 Å². The second-order valence-electron chi connectivity index (χ2n) is 3.32. The van der Waals surface area contributed by atoms with E-state index in [9.17, 15) is 0 Å². The fourth-order valence-corrected chi connectivity index (χ4v) is 1.43. The smallest absolute Gasteiger partial charge is 0.113 e. The lowest BCUT2D eigenvalue weighted by Crippen LogP contribution is -2.08. The van der Waals surface area contributed by atoms with Gasteiger partial charge < -0.3 is 0 Å². The maximum Gasteiger partial charge on any atom is 0.113 e. The van der Waals surface area contributed by atoms with E-state index < -0.39 is 0 Å². The fraction of sp³-hybridized carbons (Fsp3) is 0.300. The molecule has 2 heteroatoms. The van der Waals surface area contributed by atoms with Crippen molar-refractivity contribution in [1.29, 1.82) is 5.26 Å². The maximum atomic E-state index is 8.91. The van der Waals surface area contributed by atoms with E-state index in [1.54, 1.807) is 0 Å². The van der Waals surface area contributed by atoms with Gasteiger partial charge in [0.25, 0.3) is 0 Å². The van der Waals surface area contributed by atoms with E-state index in [-0.39, 0.29) is 5.41 Å². The molecule has 1 aliphatic carbocycles. The molecule has 1 fully saturated rings. The van der Waals surface area contributed by atoms with Crippen molar-refractivity contribution in [3.63, 3.8) is 0 Å². The van der Waals surface area contributed by atoms with Crippen LogP contribution in [0.4, 0.5) is 0 Å². The molecule has 1 aromatic carbocycles. The third-order valence-corrected chi connectivity index (χ3v) is 2.40. The van der Waals surface area contributed by atoms with Crippen LogP contribution in [0.15, 0.2) is 24.3 Å². The van der Waals surface area contributed by atoms with Gasteiger partial charge in [-0.15, -0.1) is 0 Å². The Kier molecular flexibility index (Phi) is 1.47. The van der Waals surface area contributed by atoms with Gasteiger partial charge in [-0.3, -0.25) is 0 Å². The summed E-state index contributed by atoms with van der Waals surface area (Å²) >= 11 is 0. The summed E-state index contributed by atoms with van der Waals surface area (Å²) < 4.78 is 0. The SMILES string of the molecule is [B]c1cccc(C2(C#N)CC2)c1. The largest absolute Gasteiger partial charge is 0.197 e. The van der Waals surface area contributed by atoms with Gasteiger partial charge in [-0.05, 0) is 18.4 Å². The van der Waals surface area contributed by atoms with Gasteiger partial charge >= 0.3 is 0 Å². The first kappa shape index (κ1) is 7.43. The Bertz CT molecular complexity index is 347. The molecule has 1 nitrogen and oxygen atoms in total. The van der Waals surface area contributed by atoms with E-state index in [0.29, 0.717) is 0 Å². The zero-order valence-electron chi connectivity index (χ0n) is 6.75. The molecule has 0 saturated heterocycles. The lowest BCUT2D eigenvalue weighted by Gasteiger charge is -2.05. The van der Waals surface area contributed by atoms with Gasteiger partial charge in [0.15, 0.2) is 0 Å². The van der Waals surface area contributed by atoms with Crippen LogP contribution in [0.25, 0.3) is 0 Å². The Morgan fingerprint density at radius 3 is 2.67 bits per heavy atom. The highest BCUT2D eigenvalue weighted by atomic mass is 14.5. The molecule has 0 aliphatic heterocycles. The van der Waals surface area contributed by atoms with Crippen molar-refractivity contribution in [1.82, 2.24) is 0 Å². The van der Waals surface area contributed by atoms with Crippen LogP contribution >= 0.6 is 0 Å². The molecule has 2 radical (unpaired) electrons. The normalized spacial score (nSPS) is 18.2. The minimum absolute atomic E-state index is 0.199. The van der Waals surface area contributed by atoms with Crippen LogP contribution in [-0.4, -0.2) is 7.85 Å². The summed E-state index contributed by atoms with van der Waals surface area (Å²) in [5.74, 6) is 0. The van der Waals surface area contributed by atoms with Crippen LogP contribution < -0.4 is 5.46 Å². The van der Waals surface area contributed by atoms with Gasteiger partial charge in [0.1, 0.15) is 7.85 Å². The van der Waals surface area contributed by atoms with Gasteiger partial charge in [0.2, 0.25) is 0 Å². The van der Waals surface area contributed by atoms with Crippen molar-refractivity contribution in [2.45, 2.75) is 18.3 Å². The molecule has 0 unspecified atom stereocenters. The molecule has 0 bridgehead atoms. The van der Waals surface area contributed by atoms with Gasteiger partial charge in [0.05, 0.1) is 11.5 Å². The first-order chi connectivity index (χ1) is 5.77. The van der Waals surface area contributed by atoms with Crippen molar-refractivity contribution in [3.05, 3.63) is 29.8 Å². The molecule has 0 N–H and O–H groups in total. The molecule has 0 heterocycles. The molecule has 2 rings (SSSR count). The number of hydrogen-bond donors (Lipinski definition) is 0.